The van der Waals surface area contributed by atoms with Crippen LogP contribution < -0.4 is 5.32 Å². The van der Waals surface area contributed by atoms with Gasteiger partial charge in [0.15, 0.2) is 5.13 Å². The van der Waals surface area contributed by atoms with Crippen LogP contribution in [0.15, 0.2) is 66.0 Å². The maximum Gasteiger partial charge on any atom is 0.343 e. The lowest BCUT2D eigenvalue weighted by Crippen LogP contribution is -2.17. The maximum absolute atomic E-state index is 12.6. The van der Waals surface area contributed by atoms with Gasteiger partial charge < -0.3 is 5.11 Å². The maximum atomic E-state index is 12.6. The summed E-state index contributed by atoms with van der Waals surface area (Å²) in [5.41, 5.74) is -0.0952. The number of nitrogens with zero attached hydrogens (tertiary/aromatic N) is 2. The van der Waals surface area contributed by atoms with Crippen molar-refractivity contribution < 1.29 is 19.6 Å². The van der Waals surface area contributed by atoms with Crippen LogP contribution in [0.5, 0.6) is 0 Å². The number of aromatic nitrogens is 1. The average Bonchev–Trinajstić information content (AvgIpc) is 3.21. The number of benzene rings is 3. The van der Waals surface area contributed by atoms with Gasteiger partial charge in [-0.1, -0.05) is 42.5 Å². The van der Waals surface area contributed by atoms with Crippen LogP contribution in [0.1, 0.15) is 20.7 Å². The first-order valence-corrected chi connectivity index (χ1v) is 9.59. The number of hydrogen-bond donors (Lipinski definition) is 2. The zero-order valence-corrected chi connectivity index (χ0v) is 16.1. The molecule has 2 N–H and O–H groups in total. The summed E-state index contributed by atoms with van der Waals surface area (Å²) in [5.74, 6) is -2.33. The Balaban J connectivity index is 1.62. The van der Waals surface area contributed by atoms with E-state index in [1.54, 1.807) is 5.38 Å². The van der Waals surface area contributed by atoms with E-state index in [0.29, 0.717) is 5.69 Å². The van der Waals surface area contributed by atoms with Gasteiger partial charge in [-0.15, -0.1) is 11.3 Å². The highest BCUT2D eigenvalue weighted by Gasteiger charge is 2.27. The molecule has 3 aromatic carbocycles. The molecule has 0 aliphatic rings. The lowest BCUT2D eigenvalue weighted by molar-refractivity contribution is -0.385. The lowest BCUT2D eigenvalue weighted by Gasteiger charge is -2.06. The first-order chi connectivity index (χ1) is 14.4. The fraction of sp³-hybridized carbons (Fsp3) is 0. The predicted octanol–water partition coefficient (Wildman–Crippen LogP) is 4.82. The number of thiazole rings is 1. The summed E-state index contributed by atoms with van der Waals surface area (Å²) >= 11 is 1.17. The summed E-state index contributed by atoms with van der Waals surface area (Å²) in [5, 5.41) is 27.2. The minimum Gasteiger partial charge on any atom is -0.477 e. The molecule has 148 valence electrons. The standard InChI is InChI=1S/C21H13N3O5S/c25-19(15-6-3-7-17(24(28)29)18(15)20(26)27)23-21-22-16(11-30-21)14-9-8-12-4-1-2-5-13(12)10-14/h1-11H,(H,26,27)(H,22,23,25). The molecule has 1 amide bonds. The van der Waals surface area contributed by atoms with Crippen LogP contribution in [-0.4, -0.2) is 26.9 Å². The molecule has 30 heavy (non-hydrogen) atoms. The van der Waals surface area contributed by atoms with Crippen molar-refractivity contribution in [2.75, 3.05) is 5.32 Å². The van der Waals surface area contributed by atoms with E-state index in [1.807, 2.05) is 42.5 Å². The number of anilines is 1. The Kier molecular flexibility index (Phi) is 4.95. The third-order valence-corrected chi connectivity index (χ3v) is 5.23. The number of carbonyl (C=O) groups excluding carboxylic acids is 1. The Bertz CT molecular complexity index is 1320. The van der Waals surface area contributed by atoms with Crippen molar-refractivity contribution >= 4 is 44.8 Å². The summed E-state index contributed by atoms with van der Waals surface area (Å²) in [6, 6.07) is 17.3. The molecule has 9 heteroatoms. The highest BCUT2D eigenvalue weighted by atomic mass is 32.1. The second-order valence-electron chi connectivity index (χ2n) is 6.32. The van der Waals surface area contributed by atoms with E-state index in [-0.39, 0.29) is 10.7 Å². The van der Waals surface area contributed by atoms with Gasteiger partial charge in [0.2, 0.25) is 0 Å². The van der Waals surface area contributed by atoms with E-state index in [1.165, 1.54) is 23.5 Å². The molecule has 0 aliphatic carbocycles. The van der Waals surface area contributed by atoms with E-state index in [4.69, 9.17) is 0 Å². The summed E-state index contributed by atoms with van der Waals surface area (Å²) in [7, 11) is 0. The van der Waals surface area contributed by atoms with Crippen LogP contribution in [0.4, 0.5) is 10.8 Å². The third kappa shape index (κ3) is 3.61. The number of nitro groups is 1. The molecule has 0 saturated carbocycles. The van der Waals surface area contributed by atoms with Gasteiger partial charge in [-0.3, -0.25) is 20.2 Å². The molecule has 4 aromatic rings. The zero-order chi connectivity index (χ0) is 21.3. The number of carbonyl (C=O) groups is 2. The van der Waals surface area contributed by atoms with Crippen molar-refractivity contribution in [3.05, 3.63) is 87.3 Å². The molecule has 0 bridgehead atoms. The SMILES string of the molecule is O=C(Nc1nc(-c2ccc3ccccc3c2)cs1)c1cccc([N+](=O)[O-])c1C(=O)O. The third-order valence-electron chi connectivity index (χ3n) is 4.47. The zero-order valence-electron chi connectivity index (χ0n) is 15.2. The number of hydrogen-bond acceptors (Lipinski definition) is 6. The molecule has 8 nitrogen and oxygen atoms in total. The van der Waals surface area contributed by atoms with Crippen molar-refractivity contribution in [2.24, 2.45) is 0 Å². The summed E-state index contributed by atoms with van der Waals surface area (Å²) in [6.45, 7) is 0. The van der Waals surface area contributed by atoms with Crippen molar-refractivity contribution in [2.45, 2.75) is 0 Å². The van der Waals surface area contributed by atoms with Crippen LogP contribution in [0, 0.1) is 10.1 Å². The van der Waals surface area contributed by atoms with Crippen LogP contribution in [0.2, 0.25) is 0 Å². The van der Waals surface area contributed by atoms with Crippen molar-refractivity contribution in [1.29, 1.82) is 0 Å². The fourth-order valence-electron chi connectivity index (χ4n) is 3.08. The first-order valence-electron chi connectivity index (χ1n) is 8.71. The number of fused-ring (bicyclic) bond motifs is 1. The molecule has 0 atom stereocenters. The number of aromatic carboxylic acids is 1. The Morgan fingerprint density at radius 2 is 1.80 bits per heavy atom. The van der Waals surface area contributed by atoms with E-state index < -0.39 is 28.1 Å². The normalized spacial score (nSPS) is 10.7. The van der Waals surface area contributed by atoms with E-state index in [0.717, 1.165) is 22.4 Å². The van der Waals surface area contributed by atoms with Gasteiger partial charge in [-0.05, 0) is 22.9 Å². The van der Waals surface area contributed by atoms with E-state index in [9.17, 15) is 24.8 Å². The smallest absolute Gasteiger partial charge is 0.343 e. The van der Waals surface area contributed by atoms with Gasteiger partial charge in [-0.25, -0.2) is 9.78 Å². The first kappa shape index (κ1) is 19.2. The molecule has 1 heterocycles. The molecule has 0 unspecified atom stereocenters. The summed E-state index contributed by atoms with van der Waals surface area (Å²) in [6.07, 6.45) is 0. The molecule has 0 radical (unpaired) electrons. The van der Waals surface area contributed by atoms with Crippen LogP contribution in [-0.2, 0) is 0 Å². The van der Waals surface area contributed by atoms with Crippen LogP contribution >= 0.6 is 11.3 Å². The molecule has 0 spiro atoms. The molecule has 0 fully saturated rings. The summed E-state index contributed by atoms with van der Waals surface area (Å²) < 4.78 is 0. The molecular weight excluding hydrogens is 406 g/mol. The fourth-order valence-corrected chi connectivity index (χ4v) is 3.80. The quantitative estimate of drug-likeness (QED) is 0.353. The van der Waals surface area contributed by atoms with Gasteiger partial charge >= 0.3 is 5.97 Å². The Morgan fingerprint density at radius 1 is 1.03 bits per heavy atom. The average molecular weight is 419 g/mol. The van der Waals surface area contributed by atoms with Crippen molar-refractivity contribution in [3.63, 3.8) is 0 Å². The number of nitro benzene ring substituents is 1. The van der Waals surface area contributed by atoms with Gasteiger partial charge in [0.1, 0.15) is 5.56 Å². The molecule has 0 saturated heterocycles. The lowest BCUT2D eigenvalue weighted by atomic mass is 10.0. The van der Waals surface area contributed by atoms with Gasteiger partial charge in [0, 0.05) is 17.0 Å². The summed E-state index contributed by atoms with van der Waals surface area (Å²) in [4.78, 5) is 38.8. The predicted molar refractivity (Wildman–Crippen MR) is 113 cm³/mol. The Morgan fingerprint density at radius 3 is 2.53 bits per heavy atom. The number of amides is 1. The highest BCUT2D eigenvalue weighted by molar-refractivity contribution is 7.14. The van der Waals surface area contributed by atoms with Gasteiger partial charge in [0.25, 0.3) is 11.6 Å². The number of carboxylic acids is 1. The monoisotopic (exact) mass is 419 g/mol. The minimum atomic E-state index is -1.55. The topological polar surface area (TPSA) is 122 Å². The number of rotatable bonds is 5. The van der Waals surface area contributed by atoms with E-state index >= 15 is 0 Å². The Labute approximate surface area is 173 Å². The van der Waals surface area contributed by atoms with Crippen molar-refractivity contribution in [3.8, 4) is 11.3 Å². The number of nitrogens with one attached hydrogen (secondary N) is 1. The molecular formula is C21H13N3O5S. The highest BCUT2D eigenvalue weighted by Crippen LogP contribution is 2.29. The van der Waals surface area contributed by atoms with Crippen molar-refractivity contribution in [1.82, 2.24) is 4.98 Å². The van der Waals surface area contributed by atoms with Gasteiger partial charge in [-0.2, -0.15) is 0 Å². The Hall–Kier alpha value is -4.11. The molecule has 0 aliphatic heterocycles. The molecule has 1 aromatic heterocycles. The van der Waals surface area contributed by atoms with E-state index in [2.05, 4.69) is 10.3 Å². The van der Waals surface area contributed by atoms with Gasteiger partial charge in [0.05, 0.1) is 16.2 Å². The second kappa shape index (κ2) is 7.72. The number of carboxylic acid groups (broad SMARTS) is 1. The largest absolute Gasteiger partial charge is 0.477 e. The van der Waals surface area contributed by atoms with Crippen LogP contribution in [0.25, 0.3) is 22.0 Å². The van der Waals surface area contributed by atoms with Crippen LogP contribution in [0.3, 0.4) is 0 Å². The molecule has 4 rings (SSSR count). The minimum absolute atomic E-state index is 0.256. The second-order valence-corrected chi connectivity index (χ2v) is 7.17.